The number of amides is 2. The molecule has 2 aromatic rings. The highest BCUT2D eigenvalue weighted by molar-refractivity contribution is 6.21. The standard InChI is InChI=1S/C19H16N2O8/c1-27-15-9-13(14(21(25)26)10-16(15)28-2)19(24)29-8-7-20-17(22)11-5-3-4-6-12(11)18(20)23/h3-6,9-10H,7-8H2,1-2H3. The Hall–Kier alpha value is -3.95. The molecule has 10 nitrogen and oxygen atoms in total. The summed E-state index contributed by atoms with van der Waals surface area (Å²) >= 11 is 0. The first kappa shape index (κ1) is 19.8. The number of hydrogen-bond acceptors (Lipinski definition) is 8. The lowest BCUT2D eigenvalue weighted by molar-refractivity contribution is -0.385. The molecule has 29 heavy (non-hydrogen) atoms. The molecule has 0 atom stereocenters. The number of hydrogen-bond donors (Lipinski definition) is 0. The first-order chi connectivity index (χ1) is 13.9. The monoisotopic (exact) mass is 400 g/mol. The zero-order valence-corrected chi connectivity index (χ0v) is 15.5. The number of nitro groups is 1. The number of imide groups is 1. The predicted molar refractivity (Wildman–Crippen MR) is 98.3 cm³/mol. The quantitative estimate of drug-likeness (QED) is 0.299. The molecule has 0 saturated carbocycles. The van der Waals surface area contributed by atoms with Gasteiger partial charge in [0.2, 0.25) is 0 Å². The molecule has 0 N–H and O–H groups in total. The summed E-state index contributed by atoms with van der Waals surface area (Å²) in [6.07, 6.45) is 0. The molecule has 1 aliphatic heterocycles. The van der Waals surface area contributed by atoms with Crippen LogP contribution >= 0.6 is 0 Å². The van der Waals surface area contributed by atoms with Crippen LogP contribution in [0.5, 0.6) is 11.5 Å². The van der Waals surface area contributed by atoms with Gasteiger partial charge in [0.25, 0.3) is 17.5 Å². The van der Waals surface area contributed by atoms with Crippen LogP contribution in [-0.2, 0) is 4.74 Å². The SMILES string of the molecule is COc1cc(C(=O)OCCN2C(=O)c3ccccc3C2=O)c([N+](=O)[O-])cc1OC. The highest BCUT2D eigenvalue weighted by Gasteiger charge is 2.35. The van der Waals surface area contributed by atoms with E-state index >= 15 is 0 Å². The summed E-state index contributed by atoms with van der Waals surface area (Å²) in [6.45, 7) is -0.505. The second kappa shape index (κ2) is 7.97. The lowest BCUT2D eigenvalue weighted by Crippen LogP contribution is -2.33. The van der Waals surface area contributed by atoms with E-state index in [2.05, 4.69) is 0 Å². The summed E-state index contributed by atoms with van der Waals surface area (Å²) < 4.78 is 15.1. The van der Waals surface area contributed by atoms with Gasteiger partial charge >= 0.3 is 5.97 Å². The number of ether oxygens (including phenoxy) is 3. The molecule has 2 amide bonds. The topological polar surface area (TPSA) is 125 Å². The fraction of sp³-hybridized carbons (Fsp3) is 0.211. The van der Waals surface area contributed by atoms with E-state index in [1.807, 2.05) is 0 Å². The van der Waals surface area contributed by atoms with Crippen LogP contribution in [0.15, 0.2) is 36.4 Å². The molecule has 0 unspecified atom stereocenters. The van der Waals surface area contributed by atoms with Gasteiger partial charge in [0, 0.05) is 6.07 Å². The van der Waals surface area contributed by atoms with Gasteiger partial charge in [0.05, 0.1) is 42.9 Å². The smallest absolute Gasteiger partial charge is 0.345 e. The number of methoxy groups -OCH3 is 2. The van der Waals surface area contributed by atoms with E-state index in [9.17, 15) is 24.5 Å². The van der Waals surface area contributed by atoms with Crippen molar-refractivity contribution in [2.45, 2.75) is 0 Å². The van der Waals surface area contributed by atoms with Crippen molar-refractivity contribution >= 4 is 23.5 Å². The maximum absolute atomic E-state index is 12.4. The van der Waals surface area contributed by atoms with Gasteiger partial charge in [-0.3, -0.25) is 24.6 Å². The molecule has 0 saturated heterocycles. The average molecular weight is 400 g/mol. The maximum Gasteiger partial charge on any atom is 0.345 e. The number of benzene rings is 2. The molecule has 3 rings (SSSR count). The first-order valence-electron chi connectivity index (χ1n) is 8.41. The highest BCUT2D eigenvalue weighted by atomic mass is 16.6. The van der Waals surface area contributed by atoms with Crippen LogP contribution in [0.1, 0.15) is 31.1 Å². The van der Waals surface area contributed by atoms with Gasteiger partial charge in [-0.15, -0.1) is 0 Å². The average Bonchev–Trinajstić information content (AvgIpc) is 2.97. The van der Waals surface area contributed by atoms with Crippen LogP contribution in [0.2, 0.25) is 0 Å². The van der Waals surface area contributed by atoms with Crippen molar-refractivity contribution in [3.05, 3.63) is 63.2 Å². The van der Waals surface area contributed by atoms with Gasteiger partial charge in [-0.1, -0.05) is 12.1 Å². The summed E-state index contributed by atoms with van der Waals surface area (Å²) in [7, 11) is 2.63. The lowest BCUT2D eigenvalue weighted by atomic mass is 10.1. The van der Waals surface area contributed by atoms with Gasteiger partial charge in [0.15, 0.2) is 11.5 Å². The van der Waals surface area contributed by atoms with Gasteiger partial charge in [0.1, 0.15) is 12.2 Å². The molecule has 0 fully saturated rings. The van der Waals surface area contributed by atoms with Crippen molar-refractivity contribution in [3.8, 4) is 11.5 Å². The number of rotatable bonds is 7. The Morgan fingerprint density at radius 1 is 1.03 bits per heavy atom. The van der Waals surface area contributed by atoms with Gasteiger partial charge in [-0.2, -0.15) is 0 Å². The minimum absolute atomic E-state index is 0.0850. The molecule has 2 aromatic carbocycles. The second-order valence-corrected chi connectivity index (χ2v) is 5.92. The molecule has 0 aromatic heterocycles. The third kappa shape index (κ3) is 3.59. The zero-order valence-electron chi connectivity index (χ0n) is 15.5. The molecular weight excluding hydrogens is 384 g/mol. The fourth-order valence-electron chi connectivity index (χ4n) is 2.93. The Kier molecular flexibility index (Phi) is 5.44. The van der Waals surface area contributed by atoms with E-state index < -0.39 is 28.4 Å². The maximum atomic E-state index is 12.4. The Morgan fingerprint density at radius 3 is 2.10 bits per heavy atom. The van der Waals surface area contributed by atoms with Crippen molar-refractivity contribution in [2.24, 2.45) is 0 Å². The van der Waals surface area contributed by atoms with Crippen molar-refractivity contribution < 1.29 is 33.5 Å². The fourth-order valence-corrected chi connectivity index (χ4v) is 2.93. The minimum Gasteiger partial charge on any atom is -0.493 e. The molecule has 1 aliphatic rings. The molecule has 150 valence electrons. The zero-order chi connectivity index (χ0) is 21.1. The second-order valence-electron chi connectivity index (χ2n) is 5.92. The van der Waals surface area contributed by atoms with E-state index in [1.165, 1.54) is 26.4 Å². The number of nitro benzene ring substituents is 1. The number of carbonyl (C=O) groups is 3. The van der Waals surface area contributed by atoms with E-state index in [4.69, 9.17) is 14.2 Å². The summed E-state index contributed by atoms with van der Waals surface area (Å²) in [5.74, 6) is -1.76. The lowest BCUT2D eigenvalue weighted by Gasteiger charge is -2.14. The molecule has 0 radical (unpaired) electrons. The van der Waals surface area contributed by atoms with Gasteiger partial charge in [-0.05, 0) is 12.1 Å². The molecule has 0 spiro atoms. The summed E-state index contributed by atoms with van der Waals surface area (Å²) in [6, 6.07) is 8.55. The highest BCUT2D eigenvalue weighted by Crippen LogP contribution is 2.34. The van der Waals surface area contributed by atoms with Crippen LogP contribution in [0.25, 0.3) is 0 Å². The molecule has 1 heterocycles. The molecule has 0 bridgehead atoms. The van der Waals surface area contributed by atoms with E-state index in [0.717, 1.165) is 17.0 Å². The third-order valence-corrected chi connectivity index (χ3v) is 4.34. The van der Waals surface area contributed by atoms with Crippen LogP contribution in [0.4, 0.5) is 5.69 Å². The van der Waals surface area contributed by atoms with Crippen molar-refractivity contribution in [3.63, 3.8) is 0 Å². The normalized spacial score (nSPS) is 12.6. The minimum atomic E-state index is -0.991. The number of fused-ring (bicyclic) bond motifs is 1. The van der Waals surface area contributed by atoms with E-state index in [-0.39, 0.29) is 41.3 Å². The largest absolute Gasteiger partial charge is 0.493 e. The summed E-state index contributed by atoms with van der Waals surface area (Å²) in [5.41, 5.74) is -0.304. The summed E-state index contributed by atoms with van der Waals surface area (Å²) in [4.78, 5) is 48.5. The van der Waals surface area contributed by atoms with Crippen molar-refractivity contribution in [2.75, 3.05) is 27.4 Å². The van der Waals surface area contributed by atoms with Gasteiger partial charge < -0.3 is 14.2 Å². The van der Waals surface area contributed by atoms with E-state index in [0.29, 0.717) is 0 Å². The Bertz CT molecular complexity index is 982. The Morgan fingerprint density at radius 2 is 1.59 bits per heavy atom. The van der Waals surface area contributed by atoms with Crippen molar-refractivity contribution in [1.29, 1.82) is 0 Å². The Labute approximate surface area is 164 Å². The Balaban J connectivity index is 1.73. The van der Waals surface area contributed by atoms with Crippen LogP contribution in [0, 0.1) is 10.1 Å². The molecule has 0 aliphatic carbocycles. The van der Waals surface area contributed by atoms with E-state index in [1.54, 1.807) is 12.1 Å². The molecule has 10 heteroatoms. The first-order valence-corrected chi connectivity index (χ1v) is 8.41. The summed E-state index contributed by atoms with van der Waals surface area (Å²) in [5, 5.41) is 11.3. The molecular formula is C19H16N2O8. The number of esters is 1. The number of carbonyl (C=O) groups excluding carboxylic acids is 3. The van der Waals surface area contributed by atoms with Gasteiger partial charge in [-0.25, -0.2) is 4.79 Å². The van der Waals surface area contributed by atoms with Crippen LogP contribution < -0.4 is 9.47 Å². The third-order valence-electron chi connectivity index (χ3n) is 4.34. The van der Waals surface area contributed by atoms with Crippen molar-refractivity contribution in [1.82, 2.24) is 4.90 Å². The number of nitrogens with zero attached hydrogens (tertiary/aromatic N) is 2. The van der Waals surface area contributed by atoms with Crippen LogP contribution in [0.3, 0.4) is 0 Å². The van der Waals surface area contributed by atoms with Crippen LogP contribution in [-0.4, -0.2) is 55.0 Å². The predicted octanol–water partition coefficient (Wildman–Crippen LogP) is 2.06.